The van der Waals surface area contributed by atoms with E-state index >= 15 is 0 Å². The molecule has 0 aliphatic rings. The number of allylic oxidation sites excluding steroid dienone is 2. The Hall–Kier alpha value is -1.89. The first-order valence-corrected chi connectivity index (χ1v) is 15.5. The van der Waals surface area contributed by atoms with Crippen LogP contribution in [0.25, 0.3) is 0 Å². The van der Waals surface area contributed by atoms with E-state index in [-0.39, 0.29) is 19.3 Å². The molecule has 3 N–H and O–H groups in total. The number of carboxylic acids is 3. The number of hydrogen-bond acceptors (Lipinski definition) is 3. The standard InChI is InChI=1S/C31H57NO6/c1-2-3-4-5-6-7-8-9-10-11-12-13-14-15-16-17-18-25-32(26-19-22-29(33)34,27-20-23-30(35)36)28-21-24-31(37)38/h6-7H,2-5,8-28H2,1H3,(H2-,33,34,35,36,37,38)/p+1/b7-6+. The van der Waals surface area contributed by atoms with Gasteiger partial charge in [0.1, 0.15) is 0 Å². The predicted octanol–water partition coefficient (Wildman–Crippen LogP) is 7.83. The Kier molecular flexibility index (Phi) is 24.1. The van der Waals surface area contributed by atoms with Gasteiger partial charge in [0, 0.05) is 19.3 Å². The third-order valence-electron chi connectivity index (χ3n) is 7.46. The van der Waals surface area contributed by atoms with Gasteiger partial charge in [0.2, 0.25) is 0 Å². The monoisotopic (exact) mass is 540 g/mol. The average Bonchev–Trinajstić information content (AvgIpc) is 2.85. The summed E-state index contributed by atoms with van der Waals surface area (Å²) in [6, 6.07) is 0. The molecule has 0 aromatic rings. The van der Waals surface area contributed by atoms with E-state index in [0.717, 1.165) is 19.4 Å². The topological polar surface area (TPSA) is 112 Å². The van der Waals surface area contributed by atoms with E-state index in [2.05, 4.69) is 19.1 Å². The maximum absolute atomic E-state index is 11.1. The number of rotatable bonds is 29. The number of unbranched alkanes of at least 4 members (excludes halogenated alkanes) is 13. The summed E-state index contributed by atoms with van der Waals surface area (Å²) < 4.78 is 0.641. The summed E-state index contributed by atoms with van der Waals surface area (Å²) in [7, 11) is 0. The SMILES string of the molecule is CCCCC/C=C/CCCCCCCCCCCC[N+](CCCC(=O)O)(CCCC(=O)O)CCCC(=O)O. The maximum Gasteiger partial charge on any atom is 0.303 e. The van der Waals surface area contributed by atoms with Gasteiger partial charge < -0.3 is 19.8 Å². The second-order valence-corrected chi connectivity index (χ2v) is 11.0. The van der Waals surface area contributed by atoms with Gasteiger partial charge in [-0.25, -0.2) is 0 Å². The zero-order valence-electron chi connectivity index (χ0n) is 24.3. The lowest BCUT2D eigenvalue weighted by molar-refractivity contribution is -0.929. The third kappa shape index (κ3) is 24.4. The van der Waals surface area contributed by atoms with Gasteiger partial charge in [0.25, 0.3) is 0 Å². The number of quaternary nitrogens is 1. The largest absolute Gasteiger partial charge is 0.481 e. The normalized spacial score (nSPS) is 11.8. The summed E-state index contributed by atoms with van der Waals surface area (Å²) >= 11 is 0. The Morgan fingerprint density at radius 3 is 1.16 bits per heavy atom. The van der Waals surface area contributed by atoms with Crippen LogP contribution in [0, 0.1) is 0 Å². The fourth-order valence-corrected chi connectivity index (χ4v) is 5.24. The number of carboxylic acid groups (broad SMARTS) is 3. The smallest absolute Gasteiger partial charge is 0.303 e. The number of carbonyl (C=O) groups is 3. The van der Waals surface area contributed by atoms with Crippen molar-refractivity contribution >= 4 is 17.9 Å². The molecule has 222 valence electrons. The Bertz CT molecular complexity index is 584. The molecule has 38 heavy (non-hydrogen) atoms. The summed E-state index contributed by atoms with van der Waals surface area (Å²) in [6.07, 6.45) is 25.3. The Morgan fingerprint density at radius 1 is 0.474 bits per heavy atom. The van der Waals surface area contributed by atoms with E-state index in [0.29, 0.717) is 43.4 Å². The first-order chi connectivity index (χ1) is 18.3. The molecule has 0 bridgehead atoms. The van der Waals surface area contributed by atoms with Crippen molar-refractivity contribution in [1.82, 2.24) is 0 Å². The highest BCUT2D eigenvalue weighted by Gasteiger charge is 2.27. The van der Waals surface area contributed by atoms with Gasteiger partial charge in [-0.15, -0.1) is 0 Å². The maximum atomic E-state index is 11.1. The van der Waals surface area contributed by atoms with Crippen LogP contribution in [-0.4, -0.2) is 63.9 Å². The van der Waals surface area contributed by atoms with E-state index < -0.39 is 17.9 Å². The van der Waals surface area contributed by atoms with Crippen molar-refractivity contribution in [3.63, 3.8) is 0 Å². The molecule has 0 saturated carbocycles. The molecule has 0 aliphatic heterocycles. The van der Waals surface area contributed by atoms with Gasteiger partial charge in [0.05, 0.1) is 45.4 Å². The lowest BCUT2D eigenvalue weighted by Crippen LogP contribution is -2.51. The Morgan fingerprint density at radius 2 is 0.789 bits per heavy atom. The average molecular weight is 541 g/mol. The molecule has 7 heteroatoms. The third-order valence-corrected chi connectivity index (χ3v) is 7.46. The second-order valence-electron chi connectivity index (χ2n) is 11.0. The Balaban J connectivity index is 4.22. The summed E-state index contributed by atoms with van der Waals surface area (Å²) in [4.78, 5) is 33.2. The van der Waals surface area contributed by atoms with E-state index in [9.17, 15) is 14.4 Å². The summed E-state index contributed by atoms with van der Waals surface area (Å²) in [5, 5.41) is 27.2. The molecule has 0 aliphatic carbocycles. The summed E-state index contributed by atoms with van der Waals surface area (Å²) in [5.74, 6) is -2.48. The van der Waals surface area contributed by atoms with Crippen molar-refractivity contribution in [3.8, 4) is 0 Å². The van der Waals surface area contributed by atoms with Crippen molar-refractivity contribution < 1.29 is 34.2 Å². The quantitative estimate of drug-likeness (QED) is 0.0506. The van der Waals surface area contributed by atoms with E-state index in [1.54, 1.807) is 0 Å². The molecule has 0 spiro atoms. The van der Waals surface area contributed by atoms with Crippen LogP contribution >= 0.6 is 0 Å². The molecule has 0 aromatic carbocycles. The van der Waals surface area contributed by atoms with Crippen molar-refractivity contribution in [1.29, 1.82) is 0 Å². The first kappa shape index (κ1) is 36.1. The van der Waals surface area contributed by atoms with Gasteiger partial charge in [-0.1, -0.05) is 76.9 Å². The molecule has 0 fully saturated rings. The van der Waals surface area contributed by atoms with Crippen molar-refractivity contribution in [2.75, 3.05) is 26.2 Å². The molecular formula is C31H58NO6+. The minimum atomic E-state index is -0.825. The zero-order chi connectivity index (χ0) is 28.3. The van der Waals surface area contributed by atoms with Crippen LogP contribution < -0.4 is 0 Å². The number of aliphatic carboxylic acids is 3. The lowest BCUT2D eigenvalue weighted by atomic mass is 10.0. The van der Waals surface area contributed by atoms with Crippen LogP contribution in [0.5, 0.6) is 0 Å². The Labute approximate surface area is 232 Å². The van der Waals surface area contributed by atoms with E-state index in [1.165, 1.54) is 83.5 Å². The van der Waals surface area contributed by atoms with Gasteiger partial charge in [-0.2, -0.15) is 0 Å². The fourth-order valence-electron chi connectivity index (χ4n) is 5.24. The highest BCUT2D eigenvalue weighted by molar-refractivity contribution is 5.67. The first-order valence-electron chi connectivity index (χ1n) is 15.5. The van der Waals surface area contributed by atoms with E-state index in [1.807, 2.05) is 0 Å². The van der Waals surface area contributed by atoms with Crippen LogP contribution in [0.15, 0.2) is 12.2 Å². The van der Waals surface area contributed by atoms with Gasteiger partial charge >= 0.3 is 17.9 Å². The molecule has 0 amide bonds. The number of hydrogen-bond donors (Lipinski definition) is 3. The molecular weight excluding hydrogens is 482 g/mol. The molecule has 0 radical (unpaired) electrons. The van der Waals surface area contributed by atoms with Crippen molar-refractivity contribution in [2.45, 2.75) is 142 Å². The molecule has 0 atom stereocenters. The summed E-state index contributed by atoms with van der Waals surface area (Å²) in [6.45, 7) is 5.11. The van der Waals surface area contributed by atoms with Crippen LogP contribution in [0.4, 0.5) is 0 Å². The van der Waals surface area contributed by atoms with Crippen molar-refractivity contribution in [3.05, 3.63) is 12.2 Å². The van der Waals surface area contributed by atoms with Gasteiger partial charge in [-0.05, 0) is 38.5 Å². The second kappa shape index (κ2) is 25.4. The number of nitrogens with zero attached hydrogens (tertiary/aromatic N) is 1. The predicted molar refractivity (Wildman–Crippen MR) is 154 cm³/mol. The molecule has 0 heterocycles. The van der Waals surface area contributed by atoms with Crippen LogP contribution in [0.1, 0.15) is 142 Å². The van der Waals surface area contributed by atoms with Gasteiger partial charge in [-0.3, -0.25) is 14.4 Å². The van der Waals surface area contributed by atoms with Crippen LogP contribution in [-0.2, 0) is 14.4 Å². The minimum absolute atomic E-state index is 0.0909. The fraction of sp³-hybridized carbons (Fsp3) is 0.839. The highest BCUT2D eigenvalue weighted by atomic mass is 16.4. The van der Waals surface area contributed by atoms with Gasteiger partial charge in [0.15, 0.2) is 0 Å². The highest BCUT2D eigenvalue weighted by Crippen LogP contribution is 2.19. The van der Waals surface area contributed by atoms with Crippen molar-refractivity contribution in [2.24, 2.45) is 0 Å². The molecule has 0 aromatic heterocycles. The summed E-state index contributed by atoms with van der Waals surface area (Å²) in [5.41, 5.74) is 0. The minimum Gasteiger partial charge on any atom is -0.481 e. The van der Waals surface area contributed by atoms with Crippen LogP contribution in [0.3, 0.4) is 0 Å². The molecule has 0 unspecified atom stereocenters. The zero-order valence-corrected chi connectivity index (χ0v) is 24.3. The molecule has 0 saturated heterocycles. The molecule has 0 rings (SSSR count). The lowest BCUT2D eigenvalue weighted by Gasteiger charge is -2.39. The molecule has 7 nitrogen and oxygen atoms in total. The van der Waals surface area contributed by atoms with E-state index in [4.69, 9.17) is 15.3 Å². The van der Waals surface area contributed by atoms with Crippen LogP contribution in [0.2, 0.25) is 0 Å².